The van der Waals surface area contributed by atoms with Crippen molar-refractivity contribution in [3.63, 3.8) is 0 Å². The number of hydrogen-bond acceptors (Lipinski definition) is 16. The first-order valence-corrected chi connectivity index (χ1v) is 25.5. The van der Waals surface area contributed by atoms with Crippen molar-refractivity contribution in [2.24, 2.45) is 5.92 Å². The number of hydrazine groups is 2. The van der Waals surface area contributed by atoms with Crippen molar-refractivity contribution in [2.45, 2.75) is 67.4 Å². The number of likely N-dealkylation sites (N-methyl/N-ethyl adjacent to an activating group) is 1. The Morgan fingerprint density at radius 2 is 1.71 bits per heavy atom. The number of hydrogen-bond donors (Lipinski definition) is 9. The van der Waals surface area contributed by atoms with Gasteiger partial charge in [-0.3, -0.25) is 19.7 Å². The number of benzene rings is 2. The summed E-state index contributed by atoms with van der Waals surface area (Å²) in [5, 5.41) is 22.2. The molecule has 374 valence electrons. The standard InChI is InChI=1S/C45H68N12O9S2/c1-29-25-46-43(61)51-42(29)68-38(41(60)47-30(2)31-4-9-37-32(22-31)23-39(58)50-37)10-16-63-18-19-64-20-21-65-27-35-26-57(54-53-35)15-17-66-36-7-5-33(6-8-36)48-44(62)52-45-49-34(28-67-45)24-40(59)56-13-11-55(3)12-14-56/h4-9,22,29-30,34-35,38,42,45,49,53-54H,10-21,23-28H2,1-3H3,(H,47,60)(H,50,58)(H2,46,51,61)(H2,48,52,62)/t29?,30-,34?,35?,38-,42?,45?/m1/s1. The molecule has 9 N–H and O–H groups in total. The summed E-state index contributed by atoms with van der Waals surface area (Å²) in [6, 6.07) is 12.2. The van der Waals surface area contributed by atoms with Crippen molar-refractivity contribution in [3.8, 4) is 5.75 Å². The van der Waals surface area contributed by atoms with E-state index in [1.165, 1.54) is 11.8 Å². The van der Waals surface area contributed by atoms with Gasteiger partial charge in [0.05, 0.1) is 62.2 Å². The molecule has 7 amide bonds. The number of rotatable bonds is 24. The van der Waals surface area contributed by atoms with Gasteiger partial charge in [0.15, 0.2) is 0 Å². The van der Waals surface area contributed by atoms with Crippen LogP contribution in [0.5, 0.6) is 5.75 Å². The first-order valence-electron chi connectivity index (χ1n) is 23.5. The van der Waals surface area contributed by atoms with E-state index >= 15 is 0 Å². The third-order valence-corrected chi connectivity index (χ3v) is 15.0. The summed E-state index contributed by atoms with van der Waals surface area (Å²) in [5.41, 5.74) is 9.40. The van der Waals surface area contributed by atoms with E-state index < -0.39 is 5.25 Å². The molecule has 0 saturated carbocycles. The normalized spacial score (nSPS) is 23.8. The lowest BCUT2D eigenvalue weighted by atomic mass is 10.0. The fraction of sp³-hybridized carbons (Fsp3) is 0.622. The number of carbonyl (C=O) groups excluding carboxylic acids is 5. The molecule has 4 saturated heterocycles. The van der Waals surface area contributed by atoms with E-state index in [1.54, 1.807) is 23.9 Å². The second-order valence-electron chi connectivity index (χ2n) is 17.7. The molecule has 7 rings (SSSR count). The lowest BCUT2D eigenvalue weighted by Crippen LogP contribution is -2.53. The van der Waals surface area contributed by atoms with Crippen molar-refractivity contribution in [1.29, 1.82) is 0 Å². The molecule has 21 nitrogen and oxygen atoms in total. The van der Waals surface area contributed by atoms with Gasteiger partial charge in [0, 0.05) is 87.9 Å². The SMILES string of the molecule is CC1CNC(=O)NC1S[C@H](CCOCCOCCOCC1CN(CCOc2ccc(NC(=O)NC3NC(CC(=O)N4CCN(C)CC4)CS3)cc2)NN1)C(=O)N[C@H](C)c1ccc2c(c1)CC(=O)N2. The van der Waals surface area contributed by atoms with E-state index in [0.29, 0.717) is 90.0 Å². The zero-order valence-electron chi connectivity index (χ0n) is 39.1. The van der Waals surface area contributed by atoms with E-state index in [0.717, 1.165) is 55.3 Å². The number of thioether (sulfide) groups is 2. The van der Waals surface area contributed by atoms with Crippen molar-refractivity contribution in [2.75, 3.05) is 115 Å². The van der Waals surface area contributed by atoms with E-state index in [1.807, 2.05) is 54.1 Å². The highest BCUT2D eigenvalue weighted by atomic mass is 32.2. The first-order chi connectivity index (χ1) is 32.9. The summed E-state index contributed by atoms with van der Waals surface area (Å²) in [5.74, 6) is 1.55. The van der Waals surface area contributed by atoms with Gasteiger partial charge >= 0.3 is 12.1 Å². The molecule has 23 heteroatoms. The van der Waals surface area contributed by atoms with Crippen LogP contribution < -0.4 is 52.9 Å². The number of piperazine rings is 1. The summed E-state index contributed by atoms with van der Waals surface area (Å²) in [6.07, 6.45) is 1.20. The molecule has 7 atom stereocenters. The summed E-state index contributed by atoms with van der Waals surface area (Å²) in [4.78, 5) is 67.1. The molecular formula is C45H68N12O9S2. The van der Waals surface area contributed by atoms with Crippen molar-refractivity contribution in [3.05, 3.63) is 53.6 Å². The highest BCUT2D eigenvalue weighted by molar-refractivity contribution is 8.01. The fourth-order valence-corrected chi connectivity index (χ4v) is 10.6. The van der Waals surface area contributed by atoms with Crippen LogP contribution in [0.2, 0.25) is 0 Å². The van der Waals surface area contributed by atoms with E-state index in [2.05, 4.69) is 60.1 Å². The zero-order valence-corrected chi connectivity index (χ0v) is 40.8. The van der Waals surface area contributed by atoms with Crippen molar-refractivity contribution < 1.29 is 42.9 Å². The average Bonchev–Trinajstić information content (AvgIpc) is 4.07. The van der Waals surface area contributed by atoms with Gasteiger partial charge in [-0.05, 0) is 61.9 Å². The Hall–Kier alpha value is -4.43. The van der Waals surface area contributed by atoms with E-state index in [-0.39, 0.29) is 64.7 Å². The number of urea groups is 2. The Morgan fingerprint density at radius 1 is 0.941 bits per heavy atom. The highest BCUT2D eigenvalue weighted by Gasteiger charge is 2.33. The van der Waals surface area contributed by atoms with Gasteiger partial charge in [0.2, 0.25) is 17.7 Å². The van der Waals surface area contributed by atoms with Gasteiger partial charge in [0.25, 0.3) is 0 Å². The molecule has 2 aromatic rings. The molecule has 5 heterocycles. The molecule has 68 heavy (non-hydrogen) atoms. The lowest BCUT2D eigenvalue weighted by molar-refractivity contribution is -0.133. The van der Waals surface area contributed by atoms with Gasteiger partial charge in [-0.15, -0.1) is 23.5 Å². The van der Waals surface area contributed by atoms with Crippen LogP contribution in [0.1, 0.15) is 43.9 Å². The van der Waals surface area contributed by atoms with Crippen molar-refractivity contribution in [1.82, 2.24) is 52.4 Å². The maximum Gasteiger partial charge on any atom is 0.321 e. The fourth-order valence-electron chi connectivity index (χ4n) is 8.15. The van der Waals surface area contributed by atoms with Crippen LogP contribution in [0.3, 0.4) is 0 Å². The zero-order chi connectivity index (χ0) is 47.8. The van der Waals surface area contributed by atoms with Crippen LogP contribution in [-0.4, -0.2) is 178 Å². The molecule has 0 aromatic heterocycles. The molecule has 2 aromatic carbocycles. The molecule has 0 bridgehead atoms. The Labute approximate surface area is 406 Å². The molecular weight excluding hydrogens is 917 g/mol. The largest absolute Gasteiger partial charge is 0.492 e. The number of carbonyl (C=O) groups is 5. The Bertz CT molecular complexity index is 2000. The Kier molecular flexibility index (Phi) is 19.6. The van der Waals surface area contributed by atoms with Gasteiger partial charge in [-0.2, -0.15) is 5.53 Å². The maximum atomic E-state index is 13.6. The minimum atomic E-state index is -0.465. The number of fused-ring (bicyclic) bond motifs is 1. The third kappa shape index (κ3) is 16.1. The molecule has 0 radical (unpaired) electrons. The van der Waals surface area contributed by atoms with Crippen LogP contribution >= 0.6 is 23.5 Å². The number of nitrogens with one attached hydrogen (secondary N) is 9. The Balaban J connectivity index is 0.700. The molecule has 0 aliphatic carbocycles. The monoisotopic (exact) mass is 984 g/mol. The summed E-state index contributed by atoms with van der Waals surface area (Å²) in [7, 11) is 2.07. The number of amides is 7. The van der Waals surface area contributed by atoms with E-state index in [9.17, 15) is 24.0 Å². The lowest BCUT2D eigenvalue weighted by Gasteiger charge is -2.33. The van der Waals surface area contributed by atoms with Gasteiger partial charge < -0.3 is 60.6 Å². The second kappa shape index (κ2) is 26.0. The van der Waals surface area contributed by atoms with E-state index in [4.69, 9.17) is 18.9 Å². The number of nitrogens with zero attached hydrogens (tertiary/aromatic N) is 3. The minimum Gasteiger partial charge on any atom is -0.492 e. The van der Waals surface area contributed by atoms with Crippen LogP contribution in [-0.2, 0) is 35.0 Å². The first kappa shape index (κ1) is 51.4. The molecule has 5 unspecified atom stereocenters. The van der Waals surface area contributed by atoms with Gasteiger partial charge in [0.1, 0.15) is 17.9 Å². The van der Waals surface area contributed by atoms with Crippen LogP contribution in [0.4, 0.5) is 21.0 Å². The minimum absolute atomic E-state index is 0.0202. The summed E-state index contributed by atoms with van der Waals surface area (Å²) >= 11 is 3.02. The van der Waals surface area contributed by atoms with Crippen LogP contribution in [0.15, 0.2) is 42.5 Å². The van der Waals surface area contributed by atoms with Crippen LogP contribution in [0.25, 0.3) is 0 Å². The molecule has 0 spiro atoms. The van der Waals surface area contributed by atoms with Crippen LogP contribution in [0, 0.1) is 5.92 Å². The highest BCUT2D eigenvalue weighted by Crippen LogP contribution is 2.29. The second-order valence-corrected chi connectivity index (χ2v) is 20.2. The molecule has 5 aliphatic rings. The molecule has 4 fully saturated rings. The van der Waals surface area contributed by atoms with Crippen molar-refractivity contribution >= 4 is 64.7 Å². The summed E-state index contributed by atoms with van der Waals surface area (Å²) < 4.78 is 23.4. The van der Waals surface area contributed by atoms with Gasteiger partial charge in [-0.1, -0.05) is 19.1 Å². The third-order valence-electron chi connectivity index (χ3n) is 12.2. The average molecular weight is 985 g/mol. The number of ether oxygens (including phenoxy) is 4. The maximum absolute atomic E-state index is 13.6. The predicted molar refractivity (Wildman–Crippen MR) is 261 cm³/mol. The Morgan fingerprint density at radius 3 is 2.50 bits per heavy atom. The summed E-state index contributed by atoms with van der Waals surface area (Å²) in [6.45, 7) is 12.0. The predicted octanol–water partition coefficient (Wildman–Crippen LogP) is 1.22. The number of anilines is 2. The van der Waals surface area contributed by atoms with Gasteiger partial charge in [-0.25, -0.2) is 20.0 Å². The quantitative estimate of drug-likeness (QED) is 0.0673. The topological polar surface area (TPSA) is 240 Å². The molecule has 5 aliphatic heterocycles. The smallest absolute Gasteiger partial charge is 0.321 e.